The summed E-state index contributed by atoms with van der Waals surface area (Å²) in [5.74, 6) is 5.07. The fraction of sp³-hybridized carbons (Fsp3) is 0.385. The van der Waals surface area contributed by atoms with Gasteiger partial charge in [0.25, 0.3) is 5.91 Å². The number of ether oxygens (including phenoxy) is 1. The number of alkyl halides is 4. The predicted octanol–water partition coefficient (Wildman–Crippen LogP) is 5.15. The van der Waals surface area contributed by atoms with E-state index in [1.54, 1.807) is 26.8 Å². The van der Waals surface area contributed by atoms with Gasteiger partial charge in [-0.05, 0) is 51.0 Å². The van der Waals surface area contributed by atoms with Gasteiger partial charge in [0.1, 0.15) is 5.60 Å². The van der Waals surface area contributed by atoms with Crippen LogP contribution in [0.4, 0.5) is 18.0 Å². The molecule has 37 heavy (non-hydrogen) atoms. The smallest absolute Gasteiger partial charge is 0.417 e. The minimum atomic E-state index is -4.71. The minimum Gasteiger partial charge on any atom is -0.444 e. The maximum atomic E-state index is 14.0. The summed E-state index contributed by atoms with van der Waals surface area (Å²) in [6, 6.07) is 12.0. The Balaban J connectivity index is 2.33. The molecule has 0 bridgehead atoms. The third kappa shape index (κ3) is 9.88. The van der Waals surface area contributed by atoms with E-state index in [4.69, 9.17) is 10.6 Å². The van der Waals surface area contributed by atoms with Gasteiger partial charge in [-0.1, -0.05) is 59.0 Å². The second kappa shape index (κ2) is 13.1. The molecule has 1 atom stereocenters. The molecule has 1 unspecified atom stereocenters. The Labute approximate surface area is 228 Å². The van der Waals surface area contributed by atoms with Crippen LogP contribution in [-0.2, 0) is 17.3 Å². The number of alkyl carbamates (subject to hydrolysis) is 1. The molecule has 2 aromatic rings. The van der Waals surface area contributed by atoms with Crippen LogP contribution in [0.15, 0.2) is 54.6 Å². The van der Waals surface area contributed by atoms with Crippen LogP contribution in [0.3, 0.4) is 0 Å². The number of carbonyl (C=O) groups is 2. The lowest BCUT2D eigenvalue weighted by atomic mass is 9.99. The molecule has 0 fully saturated rings. The van der Waals surface area contributed by atoms with Crippen molar-refractivity contribution in [2.45, 2.75) is 45.0 Å². The van der Waals surface area contributed by atoms with Crippen LogP contribution < -0.4 is 16.5 Å². The molecule has 2 amide bonds. The van der Waals surface area contributed by atoms with Gasteiger partial charge < -0.3 is 20.4 Å². The highest BCUT2D eigenvalue weighted by atomic mass is 127. The number of hydrogen-bond donors (Lipinski definition) is 3. The number of halogens is 4. The average molecular weight is 632 g/mol. The number of amides is 2. The number of nitrogens with zero attached hydrogens (tertiary/aromatic N) is 1. The van der Waals surface area contributed by atoms with Crippen molar-refractivity contribution in [2.24, 2.45) is 5.84 Å². The fourth-order valence-corrected chi connectivity index (χ4v) is 3.94. The molecule has 7 nitrogen and oxygen atoms in total. The van der Waals surface area contributed by atoms with Crippen LogP contribution in [0.1, 0.15) is 47.8 Å². The third-order valence-electron chi connectivity index (χ3n) is 5.07. The number of nitrogens with one attached hydrogen (secondary N) is 2. The summed E-state index contributed by atoms with van der Waals surface area (Å²) >= 11 is 2.01. The molecule has 0 saturated carbocycles. The van der Waals surface area contributed by atoms with Gasteiger partial charge in [0.2, 0.25) is 0 Å². The first-order valence-electron chi connectivity index (χ1n) is 11.5. The van der Waals surface area contributed by atoms with E-state index in [-0.39, 0.29) is 23.4 Å². The van der Waals surface area contributed by atoms with Gasteiger partial charge in [0.15, 0.2) is 0 Å². The van der Waals surface area contributed by atoms with Crippen molar-refractivity contribution in [2.75, 3.05) is 18.0 Å². The summed E-state index contributed by atoms with van der Waals surface area (Å²) in [6.45, 7) is 5.18. The van der Waals surface area contributed by atoms with Crippen LogP contribution >= 0.6 is 22.6 Å². The molecular weight excluding hydrogens is 600 g/mol. The average Bonchev–Trinajstić information content (AvgIpc) is 2.79. The Morgan fingerprint density at radius 3 is 2.32 bits per heavy atom. The maximum Gasteiger partial charge on any atom is 0.417 e. The Morgan fingerprint density at radius 2 is 1.78 bits per heavy atom. The summed E-state index contributed by atoms with van der Waals surface area (Å²) in [7, 11) is 1.45. The van der Waals surface area contributed by atoms with Crippen LogP contribution in [-0.4, -0.2) is 46.7 Å². The zero-order chi connectivity index (χ0) is 27.8. The highest BCUT2D eigenvalue weighted by Gasteiger charge is 2.35. The van der Waals surface area contributed by atoms with Crippen molar-refractivity contribution < 1.29 is 27.5 Å². The van der Waals surface area contributed by atoms with Gasteiger partial charge >= 0.3 is 12.3 Å². The molecule has 0 aliphatic carbocycles. The topological polar surface area (TPSA) is 96.7 Å². The highest BCUT2D eigenvalue weighted by molar-refractivity contribution is 14.1. The fourth-order valence-electron chi connectivity index (χ4n) is 3.52. The van der Waals surface area contributed by atoms with Crippen molar-refractivity contribution in [3.8, 4) is 0 Å². The van der Waals surface area contributed by atoms with Crippen LogP contribution in [0.25, 0.3) is 5.70 Å². The van der Waals surface area contributed by atoms with Gasteiger partial charge in [0.05, 0.1) is 17.3 Å². The normalized spacial score (nSPS) is 13.1. The molecule has 0 aromatic heterocycles. The SMILES string of the molecule is CN(N)/C(=C\CI)c1ccc(C(=O)NC(CNC(=O)OC(C)(C)C)Cc2ccccc2)cc1C(F)(F)F. The van der Waals surface area contributed by atoms with Crippen molar-refractivity contribution in [3.05, 3.63) is 76.9 Å². The molecule has 0 spiro atoms. The van der Waals surface area contributed by atoms with Gasteiger partial charge in [-0.15, -0.1) is 0 Å². The molecular formula is C26H32F3IN4O3. The van der Waals surface area contributed by atoms with Crippen molar-refractivity contribution >= 4 is 40.3 Å². The summed E-state index contributed by atoms with van der Waals surface area (Å²) in [4.78, 5) is 25.2. The van der Waals surface area contributed by atoms with E-state index in [1.165, 1.54) is 19.2 Å². The van der Waals surface area contributed by atoms with E-state index in [0.717, 1.165) is 16.6 Å². The first-order valence-corrected chi connectivity index (χ1v) is 13.0. The molecule has 2 rings (SSSR count). The lowest BCUT2D eigenvalue weighted by Crippen LogP contribution is -2.46. The zero-order valence-electron chi connectivity index (χ0n) is 21.2. The first kappa shape index (κ1) is 30.4. The predicted molar refractivity (Wildman–Crippen MR) is 146 cm³/mol. The van der Waals surface area contributed by atoms with Gasteiger partial charge in [-0.25, -0.2) is 10.6 Å². The summed E-state index contributed by atoms with van der Waals surface area (Å²) < 4.78 is 47.6. The Morgan fingerprint density at radius 1 is 1.14 bits per heavy atom. The number of hydrazine groups is 1. The highest BCUT2D eigenvalue weighted by Crippen LogP contribution is 2.36. The number of hydrogen-bond acceptors (Lipinski definition) is 5. The summed E-state index contributed by atoms with van der Waals surface area (Å²) in [5, 5.41) is 6.48. The molecule has 0 heterocycles. The second-order valence-corrected chi connectivity index (χ2v) is 10.2. The van der Waals surface area contributed by atoms with Crippen LogP contribution in [0.5, 0.6) is 0 Å². The summed E-state index contributed by atoms with van der Waals surface area (Å²) in [5.41, 5.74) is -0.903. The Hall–Kier alpha value is -2.80. The molecule has 0 saturated heterocycles. The maximum absolute atomic E-state index is 14.0. The van der Waals surface area contributed by atoms with Crippen LogP contribution in [0.2, 0.25) is 0 Å². The molecule has 0 radical (unpaired) electrons. The van der Waals surface area contributed by atoms with Gasteiger partial charge in [0, 0.05) is 29.1 Å². The number of rotatable bonds is 9. The van der Waals surface area contributed by atoms with Gasteiger partial charge in [-0.3, -0.25) is 4.79 Å². The van der Waals surface area contributed by atoms with Crippen molar-refractivity contribution in [1.82, 2.24) is 15.6 Å². The molecule has 202 valence electrons. The standard InChI is InChI=1S/C26H32F3IN4O3/c1-25(2,3)37-24(36)32-16-19(14-17-8-6-5-7-9-17)33-23(35)18-10-11-20(21(15-18)26(27,28)29)22(12-13-30)34(4)31/h5-12,15,19H,13-14,16,31H2,1-4H3,(H,32,36)(H,33,35)/b22-12-. The Kier molecular flexibility index (Phi) is 10.8. The lowest BCUT2D eigenvalue weighted by molar-refractivity contribution is -0.137. The van der Waals surface area contributed by atoms with E-state index in [9.17, 15) is 22.8 Å². The molecule has 2 aromatic carbocycles. The van der Waals surface area contributed by atoms with E-state index < -0.39 is 35.4 Å². The Bertz CT molecular complexity index is 1100. The zero-order valence-corrected chi connectivity index (χ0v) is 23.3. The van der Waals surface area contributed by atoms with Crippen LogP contribution in [0, 0.1) is 0 Å². The van der Waals surface area contributed by atoms with Crippen molar-refractivity contribution in [3.63, 3.8) is 0 Å². The lowest BCUT2D eigenvalue weighted by Gasteiger charge is -2.24. The van der Waals surface area contributed by atoms with Crippen molar-refractivity contribution in [1.29, 1.82) is 0 Å². The van der Waals surface area contributed by atoms with Gasteiger partial charge in [-0.2, -0.15) is 13.2 Å². The number of carbonyl (C=O) groups excluding carboxylic acids is 2. The monoisotopic (exact) mass is 632 g/mol. The largest absolute Gasteiger partial charge is 0.444 e. The number of allylic oxidation sites excluding steroid dienone is 1. The number of benzene rings is 2. The van der Waals surface area contributed by atoms with E-state index in [2.05, 4.69) is 10.6 Å². The summed E-state index contributed by atoms with van der Waals surface area (Å²) in [6.07, 6.45) is -3.46. The van der Waals surface area contributed by atoms with E-state index in [0.29, 0.717) is 10.8 Å². The first-order chi connectivity index (χ1) is 17.2. The molecule has 0 aliphatic heterocycles. The molecule has 4 N–H and O–H groups in total. The third-order valence-corrected chi connectivity index (χ3v) is 5.51. The number of nitrogens with two attached hydrogens (primary N) is 1. The second-order valence-electron chi connectivity index (χ2n) is 9.36. The molecule has 11 heteroatoms. The van der Waals surface area contributed by atoms with E-state index in [1.807, 2.05) is 52.9 Å². The quantitative estimate of drug-likeness (QED) is 0.154. The van der Waals surface area contributed by atoms with E-state index >= 15 is 0 Å². The molecule has 0 aliphatic rings. The minimum absolute atomic E-state index is 0.0142.